The number of piperazine rings is 1. The van der Waals surface area contributed by atoms with E-state index in [9.17, 15) is 4.79 Å². The minimum Gasteiger partial charge on any atom is -0.383 e. The van der Waals surface area contributed by atoms with Gasteiger partial charge < -0.3 is 25.2 Å². The van der Waals surface area contributed by atoms with Crippen LogP contribution < -0.4 is 10.6 Å². The highest BCUT2D eigenvalue weighted by Gasteiger charge is 2.30. The van der Waals surface area contributed by atoms with E-state index < -0.39 is 5.82 Å². The first-order chi connectivity index (χ1) is 20.9. The second kappa shape index (κ2) is 12.9. The number of amides is 1. The lowest BCUT2D eigenvalue weighted by Gasteiger charge is -2.36. The van der Waals surface area contributed by atoms with E-state index in [1.165, 1.54) is 6.20 Å². The highest BCUT2D eigenvalue weighted by atomic mass is 19.1. The van der Waals surface area contributed by atoms with E-state index in [1.54, 1.807) is 13.3 Å². The Bertz CT molecular complexity index is 1480. The lowest BCUT2D eigenvalue weighted by Crippen LogP contribution is -2.54. The highest BCUT2D eigenvalue weighted by molar-refractivity contribution is 5.97. The number of hydrogen-bond acceptors (Lipinski definition) is 9. The highest BCUT2D eigenvalue weighted by Crippen LogP contribution is 2.37. The van der Waals surface area contributed by atoms with Gasteiger partial charge in [-0.3, -0.25) is 14.4 Å². The molecule has 0 radical (unpaired) electrons. The minimum atomic E-state index is -0.503. The fourth-order valence-electron chi connectivity index (χ4n) is 6.18. The van der Waals surface area contributed by atoms with E-state index in [0.717, 1.165) is 74.6 Å². The molecule has 43 heavy (non-hydrogen) atoms. The molecule has 0 saturated carbocycles. The Kier molecular flexibility index (Phi) is 8.80. The zero-order valence-corrected chi connectivity index (χ0v) is 25.1. The van der Waals surface area contributed by atoms with Gasteiger partial charge in [-0.25, -0.2) is 14.4 Å². The Labute approximate surface area is 251 Å². The number of hydrogen-bond donors (Lipinski definition) is 2. The van der Waals surface area contributed by atoms with Crippen molar-refractivity contribution in [2.24, 2.45) is 0 Å². The lowest BCUT2D eigenvalue weighted by molar-refractivity contribution is -0.124. The summed E-state index contributed by atoms with van der Waals surface area (Å²) in [5.74, 6) is -0.308. The van der Waals surface area contributed by atoms with Gasteiger partial charge in [0.2, 0.25) is 11.9 Å². The number of aromatic nitrogens is 4. The van der Waals surface area contributed by atoms with Crippen molar-refractivity contribution >= 4 is 28.8 Å². The van der Waals surface area contributed by atoms with Gasteiger partial charge in [0.1, 0.15) is 11.7 Å². The van der Waals surface area contributed by atoms with Gasteiger partial charge in [-0.1, -0.05) is 18.2 Å². The van der Waals surface area contributed by atoms with Gasteiger partial charge in [0.15, 0.2) is 5.82 Å². The molecule has 0 spiro atoms. The van der Waals surface area contributed by atoms with E-state index in [1.807, 2.05) is 35.2 Å². The number of nitrogens with zero attached hydrogens (tertiary/aromatic N) is 7. The number of methoxy groups -OCH3 is 1. The van der Waals surface area contributed by atoms with Crippen molar-refractivity contribution in [3.05, 3.63) is 65.5 Å². The van der Waals surface area contributed by atoms with Crippen LogP contribution in [-0.2, 0) is 16.0 Å². The summed E-state index contributed by atoms with van der Waals surface area (Å²) >= 11 is 0. The van der Waals surface area contributed by atoms with Crippen LogP contribution in [-0.4, -0.2) is 113 Å². The summed E-state index contributed by atoms with van der Waals surface area (Å²) < 4.78 is 22.6. The molecule has 1 amide bonds. The number of carbonyl (C=O) groups is 1. The van der Waals surface area contributed by atoms with Gasteiger partial charge >= 0.3 is 0 Å². The third-order valence-electron chi connectivity index (χ3n) is 8.76. The topological polar surface area (TPSA) is 104 Å². The predicted molar refractivity (Wildman–Crippen MR) is 164 cm³/mol. The summed E-state index contributed by atoms with van der Waals surface area (Å²) in [6, 6.07) is 5.69. The monoisotopic (exact) mass is 589 g/mol. The number of allylic oxidation sites excluding steroid dienone is 1. The molecule has 6 rings (SSSR count). The number of likely N-dealkylation sites (tertiary alicyclic amines) is 1. The summed E-state index contributed by atoms with van der Waals surface area (Å²) in [6.07, 6.45) is 9.52. The molecule has 1 aromatic carbocycles. The molecule has 11 nitrogen and oxygen atoms in total. The van der Waals surface area contributed by atoms with E-state index in [0.29, 0.717) is 30.6 Å². The maximum Gasteiger partial charge on any atom is 0.244 e. The van der Waals surface area contributed by atoms with Gasteiger partial charge in [-0.15, -0.1) is 0 Å². The minimum absolute atomic E-state index is 0.103. The van der Waals surface area contributed by atoms with Crippen molar-refractivity contribution in [2.75, 3.05) is 77.7 Å². The van der Waals surface area contributed by atoms with Crippen LogP contribution in [0, 0.1) is 5.82 Å². The SMILES string of the molecule is COC[C@H](C(=O)Nc1cccc2c1CC=C2c1nc(Nc2cnn(C3CCN(C)CC3)c2)ncc1F)N1CCN(C)CC1. The summed E-state index contributed by atoms with van der Waals surface area (Å²) in [7, 11) is 5.84. The Morgan fingerprint density at radius 1 is 1.09 bits per heavy atom. The van der Waals surface area contributed by atoms with Crippen LogP contribution in [0.1, 0.15) is 35.7 Å². The quantitative estimate of drug-likeness (QED) is 0.390. The van der Waals surface area contributed by atoms with E-state index >= 15 is 4.39 Å². The van der Waals surface area contributed by atoms with Crippen molar-refractivity contribution in [2.45, 2.75) is 31.3 Å². The van der Waals surface area contributed by atoms with E-state index in [4.69, 9.17) is 4.74 Å². The summed E-state index contributed by atoms with van der Waals surface area (Å²) in [5.41, 5.74) is 4.17. The number of ether oxygens (including phenoxy) is 1. The molecule has 3 aliphatic rings. The van der Waals surface area contributed by atoms with Crippen LogP contribution in [0.3, 0.4) is 0 Å². The molecular formula is C31H40FN9O2. The third-order valence-corrected chi connectivity index (χ3v) is 8.76. The largest absolute Gasteiger partial charge is 0.383 e. The molecule has 12 heteroatoms. The van der Waals surface area contributed by atoms with Gasteiger partial charge in [0.25, 0.3) is 0 Å². The van der Waals surface area contributed by atoms with E-state index in [-0.39, 0.29) is 17.6 Å². The van der Waals surface area contributed by atoms with E-state index in [2.05, 4.69) is 54.5 Å². The van der Waals surface area contributed by atoms with Crippen LogP contribution in [0.5, 0.6) is 0 Å². The molecule has 1 aliphatic carbocycles. The van der Waals surface area contributed by atoms with Crippen LogP contribution in [0.15, 0.2) is 42.9 Å². The number of fused-ring (bicyclic) bond motifs is 1. The van der Waals surface area contributed by atoms with Gasteiger partial charge in [-0.2, -0.15) is 5.10 Å². The van der Waals surface area contributed by atoms with Gasteiger partial charge in [-0.05, 0) is 63.6 Å². The predicted octanol–water partition coefficient (Wildman–Crippen LogP) is 3.01. The Morgan fingerprint density at radius 3 is 2.63 bits per heavy atom. The second-order valence-corrected chi connectivity index (χ2v) is 11.7. The molecule has 4 heterocycles. The van der Waals surface area contributed by atoms with Crippen molar-refractivity contribution in [3.63, 3.8) is 0 Å². The first-order valence-corrected chi connectivity index (χ1v) is 15.0. The maximum absolute atomic E-state index is 15.2. The average Bonchev–Trinajstić information content (AvgIpc) is 3.66. The first-order valence-electron chi connectivity index (χ1n) is 15.0. The molecule has 1 atom stereocenters. The Morgan fingerprint density at radius 2 is 1.86 bits per heavy atom. The van der Waals surface area contributed by atoms with Crippen LogP contribution in [0.2, 0.25) is 0 Å². The number of nitrogens with one attached hydrogen (secondary N) is 2. The molecule has 2 N–H and O–H groups in total. The average molecular weight is 590 g/mol. The number of benzene rings is 1. The first kappa shape index (κ1) is 29.4. The third kappa shape index (κ3) is 6.47. The fourth-order valence-corrected chi connectivity index (χ4v) is 6.18. The summed E-state index contributed by atoms with van der Waals surface area (Å²) in [4.78, 5) is 29.0. The molecule has 0 bridgehead atoms. The van der Waals surface area contributed by atoms with Crippen LogP contribution in [0.25, 0.3) is 5.57 Å². The second-order valence-electron chi connectivity index (χ2n) is 11.7. The molecule has 0 unspecified atom stereocenters. The van der Waals surface area contributed by atoms with Gasteiger partial charge in [0, 0.05) is 50.7 Å². The Hall–Kier alpha value is -3.71. The van der Waals surface area contributed by atoms with Crippen molar-refractivity contribution in [3.8, 4) is 0 Å². The number of rotatable bonds is 9. The molecular weight excluding hydrogens is 549 g/mol. The molecule has 2 aliphatic heterocycles. The standard InChI is InChI=1S/C31H40FN9O2/c1-38-11-9-22(10-12-38)41-19-21(17-34-41)35-31-33-18-26(32)29(37-31)25-8-7-24-23(25)5-4-6-27(24)36-30(42)28(20-43-3)40-15-13-39(2)14-16-40/h4-6,8,17-19,22,28H,7,9-16,20H2,1-3H3,(H,36,42)(H,33,35,37)/t28-/m1/s1. The zero-order chi connectivity index (χ0) is 29.9. The fraction of sp³-hybridized carbons (Fsp3) is 0.484. The molecule has 2 aromatic heterocycles. The normalized spacial score (nSPS) is 19.2. The van der Waals surface area contributed by atoms with Crippen LogP contribution in [0.4, 0.5) is 21.7 Å². The molecule has 2 fully saturated rings. The summed E-state index contributed by atoms with van der Waals surface area (Å²) in [6.45, 7) is 5.82. The molecule has 3 aromatic rings. The smallest absolute Gasteiger partial charge is 0.244 e. The lowest BCUT2D eigenvalue weighted by atomic mass is 10.0. The Balaban J connectivity index is 1.17. The van der Waals surface area contributed by atoms with Crippen LogP contribution >= 0.6 is 0 Å². The number of halogens is 1. The van der Waals surface area contributed by atoms with Crippen molar-refractivity contribution in [1.29, 1.82) is 0 Å². The maximum atomic E-state index is 15.2. The van der Waals surface area contributed by atoms with Gasteiger partial charge in [0.05, 0.1) is 30.7 Å². The number of likely N-dealkylation sites (N-methyl/N-ethyl adjacent to an activating group) is 1. The molecule has 2 saturated heterocycles. The summed E-state index contributed by atoms with van der Waals surface area (Å²) in [5, 5.41) is 10.9. The van der Waals surface area contributed by atoms with Crippen molar-refractivity contribution < 1.29 is 13.9 Å². The number of piperidine rings is 1. The molecule has 228 valence electrons. The number of anilines is 3. The van der Waals surface area contributed by atoms with Crippen molar-refractivity contribution in [1.82, 2.24) is 34.4 Å². The zero-order valence-electron chi connectivity index (χ0n) is 25.1. The number of carbonyl (C=O) groups excluding carboxylic acids is 1.